The van der Waals surface area contributed by atoms with Gasteiger partial charge in [-0.15, -0.1) is 5.10 Å². The number of anilines is 2. The fourth-order valence-electron chi connectivity index (χ4n) is 3.00. The van der Waals surface area contributed by atoms with Gasteiger partial charge in [0.2, 0.25) is 17.0 Å². The van der Waals surface area contributed by atoms with E-state index in [0.29, 0.717) is 22.5 Å². The third-order valence-electron chi connectivity index (χ3n) is 4.42. The fourth-order valence-corrected chi connectivity index (χ4v) is 3.78. The Morgan fingerprint density at radius 1 is 1.21 bits per heavy atom. The molecular formula is C20H19N5O3S. The first-order valence-corrected chi connectivity index (χ1v) is 9.99. The van der Waals surface area contributed by atoms with Gasteiger partial charge in [-0.05, 0) is 17.7 Å². The van der Waals surface area contributed by atoms with Crippen LogP contribution in [-0.4, -0.2) is 33.7 Å². The van der Waals surface area contributed by atoms with E-state index in [-0.39, 0.29) is 18.2 Å². The van der Waals surface area contributed by atoms with Crippen LogP contribution in [-0.2, 0) is 15.3 Å². The number of hydrogen-bond donors (Lipinski definition) is 2. The minimum absolute atomic E-state index is 0.0525. The molecule has 2 heterocycles. The topological polar surface area (TPSA) is 98.1 Å². The Kier molecular flexibility index (Phi) is 5.48. The molecule has 0 radical (unpaired) electrons. The number of amides is 2. The second kappa shape index (κ2) is 8.36. The van der Waals surface area contributed by atoms with Gasteiger partial charge in [0.15, 0.2) is 0 Å². The van der Waals surface area contributed by atoms with Gasteiger partial charge in [0.25, 0.3) is 5.91 Å². The number of carbonyl (C=O) groups excluding carboxylic acids is 2. The largest absolute Gasteiger partial charge is 0.495 e. The Hall–Kier alpha value is -3.33. The molecule has 1 aliphatic heterocycles. The van der Waals surface area contributed by atoms with Gasteiger partial charge < -0.3 is 10.1 Å². The van der Waals surface area contributed by atoms with Crippen LogP contribution in [0.2, 0.25) is 0 Å². The molecule has 9 heteroatoms. The van der Waals surface area contributed by atoms with E-state index in [9.17, 15) is 9.59 Å². The lowest BCUT2D eigenvalue weighted by molar-refractivity contribution is -0.123. The van der Waals surface area contributed by atoms with Crippen LogP contribution in [0, 0.1) is 0 Å². The lowest BCUT2D eigenvalue weighted by Crippen LogP contribution is -2.24. The molecule has 0 fully saturated rings. The number of para-hydroxylation sites is 2. The highest BCUT2D eigenvalue weighted by Crippen LogP contribution is 2.30. The maximum absolute atomic E-state index is 12.5. The summed E-state index contributed by atoms with van der Waals surface area (Å²) in [7, 11) is 1.53. The van der Waals surface area contributed by atoms with E-state index in [4.69, 9.17) is 4.74 Å². The van der Waals surface area contributed by atoms with Crippen molar-refractivity contribution in [2.75, 3.05) is 17.7 Å². The Balaban J connectivity index is 1.42. The molecule has 2 amide bonds. The van der Waals surface area contributed by atoms with Gasteiger partial charge in [-0.1, -0.05) is 54.2 Å². The van der Waals surface area contributed by atoms with E-state index in [2.05, 4.69) is 20.7 Å². The molecule has 3 aromatic rings. The summed E-state index contributed by atoms with van der Waals surface area (Å²) in [6.07, 6.45) is -0.0525. The van der Waals surface area contributed by atoms with Crippen LogP contribution >= 0.6 is 11.8 Å². The number of hydrogen-bond acceptors (Lipinski definition) is 6. The zero-order valence-electron chi connectivity index (χ0n) is 15.7. The van der Waals surface area contributed by atoms with E-state index in [1.54, 1.807) is 18.2 Å². The van der Waals surface area contributed by atoms with Gasteiger partial charge in [0, 0.05) is 5.75 Å². The Labute approximate surface area is 171 Å². The maximum Gasteiger partial charge on any atom is 0.252 e. The SMILES string of the molecule is COc1ccccc1NC(=O)C[C@H]1C(=O)Nc2nc(SCc3ccccc3)nn21. The minimum atomic E-state index is -0.738. The number of rotatable bonds is 7. The molecule has 4 rings (SSSR count). The summed E-state index contributed by atoms with van der Waals surface area (Å²) in [5, 5.41) is 10.4. The zero-order valence-corrected chi connectivity index (χ0v) is 16.5. The highest BCUT2D eigenvalue weighted by Gasteiger charge is 2.35. The Morgan fingerprint density at radius 3 is 2.76 bits per heavy atom. The number of methoxy groups -OCH3 is 1. The molecule has 0 unspecified atom stereocenters. The molecule has 0 saturated carbocycles. The molecule has 0 bridgehead atoms. The molecule has 1 aliphatic rings. The molecule has 2 aromatic carbocycles. The zero-order chi connectivity index (χ0) is 20.2. The quantitative estimate of drug-likeness (QED) is 0.582. The third-order valence-corrected chi connectivity index (χ3v) is 5.32. The predicted octanol–water partition coefficient (Wildman–Crippen LogP) is 3.10. The van der Waals surface area contributed by atoms with Crippen molar-refractivity contribution in [2.24, 2.45) is 0 Å². The van der Waals surface area contributed by atoms with Crippen molar-refractivity contribution < 1.29 is 14.3 Å². The van der Waals surface area contributed by atoms with Crippen molar-refractivity contribution >= 4 is 35.2 Å². The fraction of sp³-hybridized carbons (Fsp3) is 0.200. The summed E-state index contributed by atoms with van der Waals surface area (Å²) < 4.78 is 6.72. The minimum Gasteiger partial charge on any atom is -0.495 e. The van der Waals surface area contributed by atoms with Crippen LogP contribution in [0.1, 0.15) is 18.0 Å². The second-order valence-electron chi connectivity index (χ2n) is 6.39. The molecular weight excluding hydrogens is 390 g/mol. The molecule has 1 aromatic heterocycles. The van der Waals surface area contributed by atoms with Crippen molar-refractivity contribution in [2.45, 2.75) is 23.4 Å². The molecule has 2 N–H and O–H groups in total. The maximum atomic E-state index is 12.5. The molecule has 0 saturated heterocycles. The van der Waals surface area contributed by atoms with Crippen LogP contribution in [0.3, 0.4) is 0 Å². The summed E-state index contributed by atoms with van der Waals surface area (Å²) in [6, 6.07) is 16.4. The standard InChI is InChI=1S/C20H19N5O3S/c1-28-16-10-6-5-9-14(16)21-17(26)11-15-18(27)22-19-23-20(24-25(15)19)29-12-13-7-3-2-4-8-13/h2-10,15H,11-12H2,1H3,(H,21,26)(H,22,23,24,27)/t15-/m0/s1. The average molecular weight is 409 g/mol. The number of aromatic nitrogens is 3. The first-order chi connectivity index (χ1) is 14.1. The third kappa shape index (κ3) is 4.24. The van der Waals surface area contributed by atoms with E-state index in [0.717, 1.165) is 11.3 Å². The van der Waals surface area contributed by atoms with Crippen molar-refractivity contribution in [1.82, 2.24) is 14.8 Å². The Morgan fingerprint density at radius 2 is 1.97 bits per heavy atom. The van der Waals surface area contributed by atoms with Crippen LogP contribution in [0.25, 0.3) is 0 Å². The van der Waals surface area contributed by atoms with Crippen LogP contribution in [0.5, 0.6) is 5.75 Å². The summed E-state index contributed by atoms with van der Waals surface area (Å²) in [6.45, 7) is 0. The summed E-state index contributed by atoms with van der Waals surface area (Å²) in [4.78, 5) is 29.1. The number of fused-ring (bicyclic) bond motifs is 1. The summed E-state index contributed by atoms with van der Waals surface area (Å²) in [5.41, 5.74) is 1.71. The van der Waals surface area contributed by atoms with Crippen molar-refractivity contribution in [3.63, 3.8) is 0 Å². The lowest BCUT2D eigenvalue weighted by atomic mass is 10.2. The van der Waals surface area contributed by atoms with Crippen LogP contribution < -0.4 is 15.4 Å². The van der Waals surface area contributed by atoms with Gasteiger partial charge in [0.05, 0.1) is 19.2 Å². The van der Waals surface area contributed by atoms with Gasteiger partial charge >= 0.3 is 0 Å². The number of carbonyl (C=O) groups is 2. The van der Waals surface area contributed by atoms with E-state index < -0.39 is 6.04 Å². The monoisotopic (exact) mass is 409 g/mol. The highest BCUT2D eigenvalue weighted by atomic mass is 32.2. The average Bonchev–Trinajstić information content (AvgIpc) is 3.25. The number of thioether (sulfide) groups is 1. The molecule has 8 nitrogen and oxygen atoms in total. The molecule has 0 aliphatic carbocycles. The van der Waals surface area contributed by atoms with Gasteiger partial charge in [-0.25, -0.2) is 4.68 Å². The van der Waals surface area contributed by atoms with E-state index in [1.165, 1.54) is 23.6 Å². The lowest BCUT2D eigenvalue weighted by Gasteiger charge is -2.12. The summed E-state index contributed by atoms with van der Waals surface area (Å²) >= 11 is 1.48. The van der Waals surface area contributed by atoms with Crippen LogP contribution in [0.15, 0.2) is 59.8 Å². The van der Waals surface area contributed by atoms with Gasteiger partial charge in [-0.2, -0.15) is 4.98 Å². The normalized spacial score (nSPS) is 14.9. The van der Waals surface area contributed by atoms with Gasteiger partial charge in [-0.3, -0.25) is 14.9 Å². The van der Waals surface area contributed by atoms with Gasteiger partial charge in [0.1, 0.15) is 11.8 Å². The first-order valence-electron chi connectivity index (χ1n) is 9.01. The molecule has 0 spiro atoms. The Bertz CT molecular complexity index is 1040. The highest BCUT2D eigenvalue weighted by molar-refractivity contribution is 7.98. The van der Waals surface area contributed by atoms with Crippen LogP contribution in [0.4, 0.5) is 11.6 Å². The van der Waals surface area contributed by atoms with E-state index >= 15 is 0 Å². The molecule has 29 heavy (non-hydrogen) atoms. The number of ether oxygens (including phenoxy) is 1. The molecule has 148 valence electrons. The number of nitrogens with zero attached hydrogens (tertiary/aromatic N) is 3. The van der Waals surface area contributed by atoms with Crippen molar-refractivity contribution in [3.05, 3.63) is 60.2 Å². The number of benzene rings is 2. The van der Waals surface area contributed by atoms with E-state index in [1.807, 2.05) is 36.4 Å². The molecule has 1 atom stereocenters. The smallest absolute Gasteiger partial charge is 0.252 e. The van der Waals surface area contributed by atoms with Crippen molar-refractivity contribution in [1.29, 1.82) is 0 Å². The second-order valence-corrected chi connectivity index (χ2v) is 7.34. The predicted molar refractivity (Wildman–Crippen MR) is 110 cm³/mol. The summed E-state index contributed by atoms with van der Waals surface area (Å²) in [5.74, 6) is 1.03. The number of nitrogens with one attached hydrogen (secondary N) is 2. The first kappa shape index (κ1) is 19.0. The van der Waals surface area contributed by atoms with Crippen molar-refractivity contribution in [3.8, 4) is 5.75 Å².